The van der Waals surface area contributed by atoms with E-state index in [4.69, 9.17) is 0 Å². The summed E-state index contributed by atoms with van der Waals surface area (Å²) in [7, 11) is -1.26. The minimum Gasteiger partial charge on any atom is -0.396 e. The van der Waals surface area contributed by atoms with Crippen LogP contribution in [0.15, 0.2) is 12.1 Å². The molecular formula is C10H18N2Si. The fourth-order valence-electron chi connectivity index (χ4n) is 1.29. The zero-order chi connectivity index (χ0) is 10.1. The molecule has 0 saturated heterocycles. The summed E-state index contributed by atoms with van der Waals surface area (Å²) < 4.78 is 0. The smallest absolute Gasteiger partial charge is 0.145 e. The zero-order valence-electron chi connectivity index (χ0n) is 9.10. The second kappa shape index (κ2) is 3.50. The van der Waals surface area contributed by atoms with Crippen molar-refractivity contribution < 1.29 is 0 Å². The molecule has 13 heavy (non-hydrogen) atoms. The van der Waals surface area contributed by atoms with Gasteiger partial charge in [-0.25, -0.2) is 4.98 Å². The average Bonchev–Trinajstić information content (AvgIpc) is 1.78. The van der Waals surface area contributed by atoms with E-state index in [0.717, 1.165) is 11.5 Å². The van der Waals surface area contributed by atoms with Gasteiger partial charge in [-0.2, -0.15) is 0 Å². The molecule has 0 saturated carbocycles. The van der Waals surface area contributed by atoms with Crippen LogP contribution in [0.3, 0.4) is 0 Å². The van der Waals surface area contributed by atoms with Gasteiger partial charge in [0, 0.05) is 5.69 Å². The molecule has 0 aliphatic carbocycles. The van der Waals surface area contributed by atoms with Gasteiger partial charge >= 0.3 is 0 Å². The number of nitrogens with one attached hydrogen (secondary N) is 1. The Hall–Kier alpha value is -0.833. The highest BCUT2D eigenvalue weighted by molar-refractivity contribution is 6.79. The van der Waals surface area contributed by atoms with Crippen LogP contribution in [0, 0.1) is 13.8 Å². The number of aromatic nitrogens is 1. The molecule has 0 bridgehead atoms. The molecule has 0 fully saturated rings. The number of nitrogens with zero attached hydrogens (tertiary/aromatic N) is 1. The van der Waals surface area contributed by atoms with E-state index < -0.39 is 8.24 Å². The number of rotatable bonds is 2. The molecule has 3 heteroatoms. The summed E-state index contributed by atoms with van der Waals surface area (Å²) in [5.41, 5.74) is 2.36. The monoisotopic (exact) mass is 194 g/mol. The van der Waals surface area contributed by atoms with Crippen LogP contribution in [0.5, 0.6) is 0 Å². The van der Waals surface area contributed by atoms with Gasteiger partial charge < -0.3 is 4.98 Å². The third-order valence-corrected chi connectivity index (χ3v) is 2.61. The normalized spacial score (nSPS) is 11.5. The van der Waals surface area contributed by atoms with Gasteiger partial charge in [-0.05, 0) is 31.5 Å². The highest BCUT2D eigenvalue weighted by atomic mass is 28.3. The van der Waals surface area contributed by atoms with Crippen LogP contribution in [-0.2, 0) is 0 Å². The minimum atomic E-state index is -1.26. The second-order valence-corrected chi connectivity index (χ2v) is 9.30. The van der Waals surface area contributed by atoms with E-state index in [1.165, 1.54) is 5.56 Å². The summed E-state index contributed by atoms with van der Waals surface area (Å²) in [6, 6.07) is 4.20. The maximum absolute atomic E-state index is 4.44. The van der Waals surface area contributed by atoms with E-state index >= 15 is 0 Å². The summed E-state index contributed by atoms with van der Waals surface area (Å²) in [6.07, 6.45) is 0. The average molecular weight is 194 g/mol. The fourth-order valence-corrected chi connectivity index (χ4v) is 2.19. The molecule has 1 N–H and O–H groups in total. The number of anilines is 1. The molecule has 1 rings (SSSR count). The van der Waals surface area contributed by atoms with Gasteiger partial charge in [0.2, 0.25) is 0 Å². The van der Waals surface area contributed by atoms with E-state index in [2.05, 4.69) is 48.7 Å². The first-order valence-corrected chi connectivity index (χ1v) is 8.10. The molecule has 2 nitrogen and oxygen atoms in total. The first kappa shape index (κ1) is 10.2. The zero-order valence-corrected chi connectivity index (χ0v) is 10.1. The van der Waals surface area contributed by atoms with Crippen molar-refractivity contribution in [2.24, 2.45) is 0 Å². The lowest BCUT2D eigenvalue weighted by Gasteiger charge is -2.19. The third-order valence-electron chi connectivity index (χ3n) is 1.60. The van der Waals surface area contributed by atoms with Crippen molar-refractivity contribution in [3.63, 3.8) is 0 Å². The molecule has 0 aliphatic heterocycles. The van der Waals surface area contributed by atoms with Crippen LogP contribution in [0.4, 0.5) is 5.82 Å². The van der Waals surface area contributed by atoms with Crippen LogP contribution >= 0.6 is 0 Å². The van der Waals surface area contributed by atoms with Crippen LogP contribution in [-0.4, -0.2) is 13.2 Å². The van der Waals surface area contributed by atoms with Gasteiger partial charge in [-0.15, -0.1) is 0 Å². The van der Waals surface area contributed by atoms with E-state index in [1.807, 2.05) is 6.92 Å². The van der Waals surface area contributed by atoms with E-state index in [-0.39, 0.29) is 0 Å². The first-order chi connectivity index (χ1) is 5.87. The quantitative estimate of drug-likeness (QED) is 0.732. The van der Waals surface area contributed by atoms with E-state index in [0.29, 0.717) is 0 Å². The van der Waals surface area contributed by atoms with E-state index in [9.17, 15) is 0 Å². The van der Waals surface area contributed by atoms with Crippen LogP contribution < -0.4 is 4.98 Å². The lowest BCUT2D eigenvalue weighted by Crippen LogP contribution is -2.32. The number of hydrogen-bond acceptors (Lipinski definition) is 2. The molecule has 0 aliphatic rings. The van der Waals surface area contributed by atoms with Crippen molar-refractivity contribution in [2.75, 3.05) is 4.98 Å². The van der Waals surface area contributed by atoms with Crippen molar-refractivity contribution in [2.45, 2.75) is 33.5 Å². The Balaban J connectivity index is 2.90. The standard InChI is InChI=1S/C10H18N2Si/c1-8-6-9(2)11-10(7-8)12-13(3,4)5/h6-7H,1-5H3,(H,11,12). The van der Waals surface area contributed by atoms with Crippen LogP contribution in [0.2, 0.25) is 19.6 Å². The SMILES string of the molecule is Cc1cc(C)nc(N[Si](C)(C)C)c1. The predicted molar refractivity (Wildman–Crippen MR) is 60.7 cm³/mol. The molecular weight excluding hydrogens is 176 g/mol. The number of hydrogen-bond donors (Lipinski definition) is 1. The summed E-state index contributed by atoms with van der Waals surface area (Å²) in [6.45, 7) is 10.9. The summed E-state index contributed by atoms with van der Waals surface area (Å²) in [5.74, 6) is 1.02. The topological polar surface area (TPSA) is 24.9 Å². The summed E-state index contributed by atoms with van der Waals surface area (Å²) >= 11 is 0. The Morgan fingerprint density at radius 1 is 1.15 bits per heavy atom. The van der Waals surface area contributed by atoms with Gasteiger partial charge in [-0.3, -0.25) is 0 Å². The Kier molecular flexibility index (Phi) is 2.76. The lowest BCUT2D eigenvalue weighted by molar-refractivity contribution is 1.18. The van der Waals surface area contributed by atoms with Gasteiger partial charge in [-0.1, -0.05) is 19.6 Å². The predicted octanol–water partition coefficient (Wildman–Crippen LogP) is 2.95. The van der Waals surface area contributed by atoms with Crippen LogP contribution in [0.25, 0.3) is 0 Å². The Morgan fingerprint density at radius 2 is 1.77 bits per heavy atom. The van der Waals surface area contributed by atoms with Crippen molar-refractivity contribution in [1.29, 1.82) is 0 Å². The summed E-state index contributed by atoms with van der Waals surface area (Å²) in [5, 5.41) is 0. The van der Waals surface area contributed by atoms with Gasteiger partial charge in [0.25, 0.3) is 0 Å². The maximum atomic E-state index is 4.44. The minimum absolute atomic E-state index is 1.02. The Labute approximate surface area is 81.5 Å². The Bertz CT molecular complexity index is 282. The molecule has 0 radical (unpaired) electrons. The molecule has 1 aromatic rings. The van der Waals surface area contributed by atoms with Gasteiger partial charge in [0.15, 0.2) is 0 Å². The molecule has 0 aromatic carbocycles. The summed E-state index contributed by atoms with van der Waals surface area (Å²) in [4.78, 5) is 7.93. The first-order valence-electron chi connectivity index (χ1n) is 4.60. The largest absolute Gasteiger partial charge is 0.396 e. The highest BCUT2D eigenvalue weighted by Crippen LogP contribution is 2.12. The Morgan fingerprint density at radius 3 is 2.23 bits per heavy atom. The molecule has 1 heterocycles. The molecule has 0 unspecified atom stereocenters. The van der Waals surface area contributed by atoms with Crippen LogP contribution in [0.1, 0.15) is 11.3 Å². The molecule has 0 atom stereocenters. The molecule has 0 spiro atoms. The van der Waals surface area contributed by atoms with Crippen molar-refractivity contribution in [3.05, 3.63) is 23.4 Å². The number of pyridine rings is 1. The highest BCUT2D eigenvalue weighted by Gasteiger charge is 2.13. The molecule has 72 valence electrons. The third kappa shape index (κ3) is 3.59. The fraction of sp³-hybridized carbons (Fsp3) is 0.500. The number of aryl methyl sites for hydroxylation is 2. The van der Waals surface area contributed by atoms with Gasteiger partial charge in [0.05, 0.1) is 0 Å². The lowest BCUT2D eigenvalue weighted by atomic mass is 10.2. The molecule has 0 amide bonds. The second-order valence-electron chi connectivity index (χ2n) is 4.55. The van der Waals surface area contributed by atoms with Crippen molar-refractivity contribution in [3.8, 4) is 0 Å². The van der Waals surface area contributed by atoms with E-state index in [1.54, 1.807) is 0 Å². The van der Waals surface area contributed by atoms with Crippen molar-refractivity contribution in [1.82, 2.24) is 4.98 Å². The maximum Gasteiger partial charge on any atom is 0.145 e. The van der Waals surface area contributed by atoms with Crippen molar-refractivity contribution >= 4 is 14.1 Å². The van der Waals surface area contributed by atoms with Gasteiger partial charge in [0.1, 0.15) is 14.1 Å². The molecule has 1 aromatic heterocycles.